The van der Waals surface area contributed by atoms with Crippen molar-refractivity contribution < 1.29 is 14.2 Å². The van der Waals surface area contributed by atoms with Gasteiger partial charge in [0.25, 0.3) is 0 Å². The van der Waals surface area contributed by atoms with Crippen LogP contribution >= 0.6 is 0 Å². The molecule has 4 heteroatoms. The highest BCUT2D eigenvalue weighted by Crippen LogP contribution is 2.03. The van der Waals surface area contributed by atoms with Crippen molar-refractivity contribution in [1.29, 1.82) is 0 Å². The van der Waals surface area contributed by atoms with Gasteiger partial charge in [0.05, 0.1) is 6.26 Å². The molecule has 2 aromatic heterocycles. The molecule has 0 aliphatic heterocycles. The van der Waals surface area contributed by atoms with E-state index in [0.717, 1.165) is 0 Å². The first-order valence-corrected chi connectivity index (χ1v) is 3.51. The molecule has 0 amide bonds. The number of carbonyl (C=O) groups is 1. The van der Waals surface area contributed by atoms with Crippen LogP contribution in [-0.2, 0) is 0 Å². The topological polar surface area (TPSA) is 60.1 Å². The second kappa shape index (κ2) is 2.65. The van der Waals surface area contributed by atoms with E-state index in [-0.39, 0.29) is 5.78 Å². The smallest absolute Gasteiger partial charge is 0.329 e. The summed E-state index contributed by atoms with van der Waals surface area (Å²) in [6, 6.07) is 3.30. The van der Waals surface area contributed by atoms with Crippen LogP contribution in [0, 0.1) is 0 Å². The second-order valence-electron chi connectivity index (χ2n) is 2.30. The van der Waals surface area contributed by atoms with Crippen molar-refractivity contribution in [3.05, 3.63) is 42.4 Å². The Kier molecular flexibility index (Phi) is 1.51. The minimum atomic E-state index is -0.176. The minimum absolute atomic E-state index is 0.176. The molecule has 12 heavy (non-hydrogen) atoms. The van der Waals surface area contributed by atoms with Crippen LogP contribution in [0.2, 0.25) is 0 Å². The lowest BCUT2D eigenvalue weighted by Crippen LogP contribution is -2.13. The van der Waals surface area contributed by atoms with Crippen LogP contribution in [-0.4, -0.2) is 10.8 Å². The number of H-pyrrole nitrogens is 2. The van der Waals surface area contributed by atoms with Gasteiger partial charge in [-0.05, 0) is 12.1 Å². The van der Waals surface area contributed by atoms with E-state index in [2.05, 4.69) is 9.97 Å². The first-order valence-electron chi connectivity index (χ1n) is 3.51. The van der Waals surface area contributed by atoms with Crippen LogP contribution in [0.3, 0.4) is 0 Å². The molecule has 60 valence electrons. The fraction of sp³-hybridized carbons (Fsp3) is 0. The Morgan fingerprint density at radius 1 is 1.58 bits per heavy atom. The normalized spacial score (nSPS) is 10.0. The summed E-state index contributed by atoms with van der Waals surface area (Å²) in [6.07, 6.45) is 4.77. The average Bonchev–Trinajstić information content (AvgIpc) is 2.77. The summed E-state index contributed by atoms with van der Waals surface area (Å²) in [6.45, 7) is 0. The zero-order valence-electron chi connectivity index (χ0n) is 6.20. The van der Waals surface area contributed by atoms with Crippen molar-refractivity contribution in [2.75, 3.05) is 0 Å². The fourth-order valence-electron chi connectivity index (χ4n) is 0.954. The number of aromatic amines is 2. The molecule has 0 unspecified atom stereocenters. The Labute approximate surface area is 68.2 Å². The van der Waals surface area contributed by atoms with E-state index in [1.54, 1.807) is 24.5 Å². The van der Waals surface area contributed by atoms with E-state index >= 15 is 0 Å². The molecule has 2 N–H and O–H groups in total. The first kappa shape index (κ1) is 6.84. The molecule has 0 aromatic carbocycles. The lowest BCUT2D eigenvalue weighted by Gasteiger charge is -1.84. The van der Waals surface area contributed by atoms with Gasteiger partial charge in [-0.3, -0.25) is 4.79 Å². The van der Waals surface area contributed by atoms with Crippen molar-refractivity contribution >= 4 is 5.78 Å². The van der Waals surface area contributed by atoms with E-state index in [9.17, 15) is 4.79 Å². The molecule has 2 aromatic rings. The third-order valence-electron chi connectivity index (χ3n) is 1.51. The van der Waals surface area contributed by atoms with Crippen molar-refractivity contribution in [3.63, 3.8) is 0 Å². The monoisotopic (exact) mass is 163 g/mol. The van der Waals surface area contributed by atoms with E-state index in [1.807, 2.05) is 0 Å². The first-order chi connectivity index (χ1) is 5.88. The molecule has 2 rings (SSSR count). The number of carbonyl (C=O) groups excluding carboxylic acids is 1. The number of ketones is 1. The lowest BCUT2D eigenvalue weighted by molar-refractivity contribution is -0.379. The van der Waals surface area contributed by atoms with Gasteiger partial charge in [0, 0.05) is 0 Å². The number of imidazole rings is 1. The highest BCUT2D eigenvalue weighted by Gasteiger charge is 2.18. The molecule has 0 fully saturated rings. The lowest BCUT2D eigenvalue weighted by atomic mass is 10.3. The SMILES string of the molecule is O=C(c1[nH]cc[nH+]1)c1ccco1. The van der Waals surface area contributed by atoms with Crippen LogP contribution in [0.15, 0.2) is 35.2 Å². The van der Waals surface area contributed by atoms with Gasteiger partial charge in [-0.2, -0.15) is 0 Å². The molecule has 0 aliphatic rings. The molecule has 0 radical (unpaired) electrons. The van der Waals surface area contributed by atoms with Gasteiger partial charge in [0.2, 0.25) is 0 Å². The third-order valence-corrected chi connectivity index (χ3v) is 1.51. The Bertz CT molecular complexity index is 325. The largest absolute Gasteiger partial charge is 0.461 e. The molecule has 4 nitrogen and oxygen atoms in total. The van der Waals surface area contributed by atoms with Gasteiger partial charge < -0.3 is 4.42 Å². The quantitative estimate of drug-likeness (QED) is 0.661. The van der Waals surface area contributed by atoms with E-state index in [0.29, 0.717) is 11.6 Å². The zero-order chi connectivity index (χ0) is 8.39. The van der Waals surface area contributed by atoms with Crippen molar-refractivity contribution in [3.8, 4) is 0 Å². The third kappa shape index (κ3) is 1.03. The number of furan rings is 1. The molecule has 0 spiro atoms. The van der Waals surface area contributed by atoms with E-state index in [1.165, 1.54) is 6.26 Å². The molecular formula is C8H7N2O2+. The van der Waals surface area contributed by atoms with Gasteiger partial charge in [0.1, 0.15) is 12.4 Å². The minimum Gasteiger partial charge on any atom is -0.461 e. The summed E-state index contributed by atoms with van der Waals surface area (Å²) in [7, 11) is 0. The maximum Gasteiger partial charge on any atom is 0.329 e. The zero-order valence-corrected chi connectivity index (χ0v) is 6.20. The van der Waals surface area contributed by atoms with Crippen molar-refractivity contribution in [2.45, 2.75) is 0 Å². The summed E-state index contributed by atoms with van der Waals surface area (Å²) in [5.41, 5.74) is 0. The van der Waals surface area contributed by atoms with E-state index in [4.69, 9.17) is 4.42 Å². The fourth-order valence-corrected chi connectivity index (χ4v) is 0.954. The second-order valence-corrected chi connectivity index (χ2v) is 2.30. The van der Waals surface area contributed by atoms with Gasteiger partial charge >= 0.3 is 11.6 Å². The Morgan fingerprint density at radius 2 is 2.50 bits per heavy atom. The van der Waals surface area contributed by atoms with Crippen LogP contribution in [0.5, 0.6) is 0 Å². The molecule has 2 heterocycles. The maximum atomic E-state index is 11.4. The summed E-state index contributed by atoms with van der Waals surface area (Å²) < 4.78 is 4.93. The summed E-state index contributed by atoms with van der Waals surface area (Å²) >= 11 is 0. The highest BCUT2D eigenvalue weighted by molar-refractivity contribution is 6.03. The number of nitrogens with one attached hydrogen (secondary N) is 2. The molecule has 0 saturated heterocycles. The Morgan fingerprint density at radius 3 is 3.08 bits per heavy atom. The predicted molar refractivity (Wildman–Crippen MR) is 39.5 cm³/mol. The highest BCUT2D eigenvalue weighted by atomic mass is 16.3. The van der Waals surface area contributed by atoms with Crippen LogP contribution in [0.4, 0.5) is 0 Å². The molecule has 0 bridgehead atoms. The maximum absolute atomic E-state index is 11.4. The Hall–Kier alpha value is -1.84. The van der Waals surface area contributed by atoms with Crippen molar-refractivity contribution in [2.24, 2.45) is 0 Å². The van der Waals surface area contributed by atoms with Crippen LogP contribution in [0.1, 0.15) is 16.4 Å². The molecule has 0 aliphatic carbocycles. The van der Waals surface area contributed by atoms with Gasteiger partial charge in [-0.25, -0.2) is 9.97 Å². The number of hydrogen-bond acceptors (Lipinski definition) is 2. The van der Waals surface area contributed by atoms with Gasteiger partial charge in [-0.15, -0.1) is 0 Å². The van der Waals surface area contributed by atoms with E-state index < -0.39 is 0 Å². The molecule has 0 saturated carbocycles. The van der Waals surface area contributed by atoms with Gasteiger partial charge in [0.15, 0.2) is 5.76 Å². The predicted octanol–water partition coefficient (Wildman–Crippen LogP) is 0.653. The Balaban J connectivity index is 2.34. The average molecular weight is 163 g/mol. The molecular weight excluding hydrogens is 156 g/mol. The van der Waals surface area contributed by atoms with Crippen LogP contribution < -0.4 is 4.98 Å². The van der Waals surface area contributed by atoms with Crippen LogP contribution in [0.25, 0.3) is 0 Å². The summed E-state index contributed by atoms with van der Waals surface area (Å²) in [4.78, 5) is 16.9. The number of aromatic nitrogens is 2. The summed E-state index contributed by atoms with van der Waals surface area (Å²) in [5.74, 6) is 0.573. The number of hydrogen-bond donors (Lipinski definition) is 1. The molecule has 0 atom stereocenters. The summed E-state index contributed by atoms with van der Waals surface area (Å²) in [5, 5.41) is 0. The van der Waals surface area contributed by atoms with Crippen molar-refractivity contribution in [1.82, 2.24) is 4.98 Å². The van der Waals surface area contributed by atoms with Gasteiger partial charge in [-0.1, -0.05) is 0 Å². The standard InChI is InChI=1S/C8H6N2O2/c11-7(6-2-1-5-12-6)8-9-3-4-10-8/h1-5H,(H,9,10)/p+1. The number of rotatable bonds is 2.